The van der Waals surface area contributed by atoms with Crippen molar-refractivity contribution < 1.29 is 18.8 Å². The van der Waals surface area contributed by atoms with E-state index >= 15 is 0 Å². The molecule has 0 radical (unpaired) electrons. The highest BCUT2D eigenvalue weighted by Gasteiger charge is 2.10. The topological polar surface area (TPSA) is 94.3 Å². The summed E-state index contributed by atoms with van der Waals surface area (Å²) < 4.78 is 9.70. The van der Waals surface area contributed by atoms with Crippen LogP contribution in [0, 0.1) is 6.92 Å². The molecule has 1 aromatic carbocycles. The van der Waals surface area contributed by atoms with Crippen molar-refractivity contribution in [3.05, 3.63) is 35.7 Å². The minimum atomic E-state index is -0.279. The van der Waals surface area contributed by atoms with Crippen LogP contribution in [0.3, 0.4) is 0 Å². The van der Waals surface area contributed by atoms with E-state index in [1.54, 1.807) is 0 Å². The number of aryl methyl sites for hydroxylation is 2. The van der Waals surface area contributed by atoms with Gasteiger partial charge in [0.05, 0.1) is 7.11 Å². The number of ether oxygens (including phenoxy) is 1. The molecule has 0 bridgehead atoms. The van der Waals surface area contributed by atoms with E-state index < -0.39 is 0 Å². The minimum absolute atomic E-state index is 0.116. The number of amides is 1. The molecule has 0 spiro atoms. The van der Waals surface area contributed by atoms with E-state index in [0.29, 0.717) is 37.5 Å². The Labute approximate surface area is 140 Å². The maximum absolute atomic E-state index is 11.7. The summed E-state index contributed by atoms with van der Waals surface area (Å²) in [4.78, 5) is 27.0. The van der Waals surface area contributed by atoms with E-state index in [4.69, 9.17) is 4.52 Å². The summed E-state index contributed by atoms with van der Waals surface area (Å²) in [6.07, 6.45) is 1.48. The number of aromatic nitrogens is 2. The molecule has 1 aromatic heterocycles. The average Bonchev–Trinajstić information content (AvgIpc) is 3.06. The Morgan fingerprint density at radius 2 is 1.96 bits per heavy atom. The van der Waals surface area contributed by atoms with Crippen LogP contribution >= 0.6 is 0 Å². The monoisotopic (exact) mass is 331 g/mol. The number of nitrogens with zero attached hydrogens (tertiary/aromatic N) is 2. The maximum Gasteiger partial charge on any atom is 0.305 e. The fraction of sp³-hybridized carbons (Fsp3) is 0.412. The number of rotatable bonds is 8. The fourth-order valence-electron chi connectivity index (χ4n) is 2.05. The van der Waals surface area contributed by atoms with E-state index in [-0.39, 0.29) is 18.3 Å². The van der Waals surface area contributed by atoms with Crippen LogP contribution in [0.15, 0.2) is 28.8 Å². The first-order valence-electron chi connectivity index (χ1n) is 7.81. The molecule has 0 saturated carbocycles. The Balaban J connectivity index is 1.73. The SMILES string of the molecule is COC(=O)CCCNC(=O)CCc1nc(-c2ccc(C)cc2)no1. The number of esters is 1. The quantitative estimate of drug-likeness (QED) is 0.587. The predicted octanol–water partition coefficient (Wildman–Crippen LogP) is 2.05. The second-order valence-corrected chi connectivity index (χ2v) is 5.41. The minimum Gasteiger partial charge on any atom is -0.469 e. The second kappa shape index (κ2) is 8.81. The van der Waals surface area contributed by atoms with Gasteiger partial charge in [-0.15, -0.1) is 0 Å². The molecule has 0 saturated heterocycles. The molecule has 7 nitrogen and oxygen atoms in total. The molecule has 7 heteroatoms. The first-order chi connectivity index (χ1) is 11.6. The van der Waals surface area contributed by atoms with Gasteiger partial charge in [0.2, 0.25) is 17.6 Å². The summed E-state index contributed by atoms with van der Waals surface area (Å²) in [5, 5.41) is 6.67. The van der Waals surface area contributed by atoms with Gasteiger partial charge in [0, 0.05) is 31.4 Å². The molecule has 24 heavy (non-hydrogen) atoms. The zero-order valence-corrected chi connectivity index (χ0v) is 13.9. The first-order valence-corrected chi connectivity index (χ1v) is 7.81. The summed E-state index contributed by atoms with van der Waals surface area (Å²) in [6.45, 7) is 2.45. The summed E-state index contributed by atoms with van der Waals surface area (Å²) in [5.74, 6) is 0.549. The molecule has 0 aliphatic rings. The fourth-order valence-corrected chi connectivity index (χ4v) is 2.05. The van der Waals surface area contributed by atoms with Crippen molar-refractivity contribution >= 4 is 11.9 Å². The van der Waals surface area contributed by atoms with Crippen LogP contribution in [0.5, 0.6) is 0 Å². The zero-order chi connectivity index (χ0) is 17.4. The first kappa shape index (κ1) is 17.7. The normalized spacial score (nSPS) is 10.4. The molecular weight excluding hydrogens is 310 g/mol. The molecule has 2 rings (SSSR count). The average molecular weight is 331 g/mol. The van der Waals surface area contributed by atoms with Gasteiger partial charge >= 0.3 is 5.97 Å². The van der Waals surface area contributed by atoms with Crippen molar-refractivity contribution in [2.75, 3.05) is 13.7 Å². The molecule has 0 atom stereocenters. The molecule has 128 valence electrons. The molecule has 1 N–H and O–H groups in total. The van der Waals surface area contributed by atoms with Crippen LogP contribution in [0.4, 0.5) is 0 Å². The lowest BCUT2D eigenvalue weighted by Gasteiger charge is -2.03. The summed E-state index contributed by atoms with van der Waals surface area (Å²) in [6, 6.07) is 7.82. The number of hydrogen-bond donors (Lipinski definition) is 1. The Kier molecular flexibility index (Phi) is 6.48. The van der Waals surface area contributed by atoms with Gasteiger partial charge in [0.15, 0.2) is 0 Å². The van der Waals surface area contributed by atoms with Gasteiger partial charge in [-0.2, -0.15) is 4.98 Å². The number of hydrogen-bond acceptors (Lipinski definition) is 6. The summed E-state index contributed by atoms with van der Waals surface area (Å²) in [7, 11) is 1.34. The largest absolute Gasteiger partial charge is 0.469 e. The van der Waals surface area contributed by atoms with Crippen molar-refractivity contribution in [2.45, 2.75) is 32.6 Å². The van der Waals surface area contributed by atoms with E-state index in [1.165, 1.54) is 7.11 Å². The van der Waals surface area contributed by atoms with Crippen LogP contribution in [0.25, 0.3) is 11.4 Å². The third kappa shape index (κ3) is 5.49. The molecule has 2 aromatic rings. The van der Waals surface area contributed by atoms with E-state index in [1.807, 2.05) is 31.2 Å². The highest BCUT2D eigenvalue weighted by Crippen LogP contribution is 2.16. The molecule has 0 unspecified atom stereocenters. The van der Waals surface area contributed by atoms with Crippen molar-refractivity contribution in [3.8, 4) is 11.4 Å². The molecule has 0 fully saturated rings. The van der Waals surface area contributed by atoms with Gasteiger partial charge < -0.3 is 14.6 Å². The Morgan fingerprint density at radius 3 is 2.67 bits per heavy atom. The van der Waals surface area contributed by atoms with Crippen molar-refractivity contribution in [1.29, 1.82) is 0 Å². The third-order valence-electron chi connectivity index (χ3n) is 3.45. The molecular formula is C17H21N3O4. The lowest BCUT2D eigenvalue weighted by Crippen LogP contribution is -2.25. The van der Waals surface area contributed by atoms with Crippen LogP contribution < -0.4 is 5.32 Å². The Bertz CT molecular complexity index is 679. The van der Waals surface area contributed by atoms with Crippen molar-refractivity contribution in [3.63, 3.8) is 0 Å². The molecule has 1 amide bonds. The Hall–Kier alpha value is -2.70. The van der Waals surface area contributed by atoms with Crippen LogP contribution in [-0.4, -0.2) is 35.7 Å². The predicted molar refractivity (Wildman–Crippen MR) is 87.1 cm³/mol. The van der Waals surface area contributed by atoms with Gasteiger partial charge in [-0.1, -0.05) is 35.0 Å². The van der Waals surface area contributed by atoms with E-state index in [0.717, 1.165) is 11.1 Å². The van der Waals surface area contributed by atoms with Gasteiger partial charge in [0.25, 0.3) is 0 Å². The summed E-state index contributed by atoms with van der Waals surface area (Å²) >= 11 is 0. The number of carbonyl (C=O) groups is 2. The highest BCUT2D eigenvalue weighted by atomic mass is 16.5. The van der Waals surface area contributed by atoms with Gasteiger partial charge in [-0.25, -0.2) is 0 Å². The van der Waals surface area contributed by atoms with E-state index in [9.17, 15) is 9.59 Å². The Morgan fingerprint density at radius 1 is 1.21 bits per heavy atom. The lowest BCUT2D eigenvalue weighted by molar-refractivity contribution is -0.140. The summed E-state index contributed by atoms with van der Waals surface area (Å²) in [5.41, 5.74) is 2.04. The second-order valence-electron chi connectivity index (χ2n) is 5.41. The molecule has 0 aliphatic carbocycles. The van der Waals surface area contributed by atoms with E-state index in [2.05, 4.69) is 20.2 Å². The number of nitrogens with one attached hydrogen (secondary N) is 1. The number of benzene rings is 1. The number of carbonyl (C=O) groups excluding carboxylic acids is 2. The van der Waals surface area contributed by atoms with Crippen molar-refractivity contribution in [2.24, 2.45) is 0 Å². The standard InChI is InChI=1S/C17H21N3O4/c1-12-5-7-13(8-6-12)17-19-15(24-20-17)10-9-14(21)18-11-3-4-16(22)23-2/h5-8H,3-4,9-11H2,1-2H3,(H,18,21). The van der Waals surface area contributed by atoms with Gasteiger partial charge in [0.1, 0.15) is 0 Å². The third-order valence-corrected chi connectivity index (χ3v) is 3.45. The number of methoxy groups -OCH3 is 1. The van der Waals surface area contributed by atoms with Gasteiger partial charge in [-0.3, -0.25) is 9.59 Å². The molecule has 0 aliphatic heterocycles. The molecule has 1 heterocycles. The van der Waals surface area contributed by atoms with Crippen LogP contribution in [0.1, 0.15) is 30.7 Å². The zero-order valence-electron chi connectivity index (χ0n) is 13.9. The highest BCUT2D eigenvalue weighted by molar-refractivity contribution is 5.76. The van der Waals surface area contributed by atoms with Crippen molar-refractivity contribution in [1.82, 2.24) is 15.5 Å². The maximum atomic E-state index is 11.7. The van der Waals surface area contributed by atoms with Gasteiger partial charge in [-0.05, 0) is 13.3 Å². The van der Waals surface area contributed by atoms with Crippen LogP contribution in [-0.2, 0) is 20.7 Å². The van der Waals surface area contributed by atoms with Crippen LogP contribution in [0.2, 0.25) is 0 Å². The lowest BCUT2D eigenvalue weighted by atomic mass is 10.1. The smallest absolute Gasteiger partial charge is 0.305 e.